The molecule has 94 valence electrons. The summed E-state index contributed by atoms with van der Waals surface area (Å²) in [5, 5.41) is 4.42. The van der Waals surface area contributed by atoms with Crippen molar-refractivity contribution in [2.45, 2.75) is 0 Å². The van der Waals surface area contributed by atoms with Gasteiger partial charge in [0.1, 0.15) is 0 Å². The van der Waals surface area contributed by atoms with Gasteiger partial charge in [-0.15, -0.1) is 0 Å². The third-order valence-electron chi connectivity index (χ3n) is 3.13. The average molecular weight is 335 g/mol. The predicted molar refractivity (Wildman–Crippen MR) is 82.7 cm³/mol. The molecule has 0 saturated carbocycles. The molecule has 0 atom stereocenters. The highest BCUT2D eigenvalue weighted by molar-refractivity contribution is 9.10. The second kappa shape index (κ2) is 4.51. The van der Waals surface area contributed by atoms with Gasteiger partial charge < -0.3 is 5.73 Å². The van der Waals surface area contributed by atoms with Crippen molar-refractivity contribution in [3.05, 3.63) is 57.5 Å². The standard InChI is InChI=1S/C15H9BrClNO/c16-10-4-9-6-12-8(2-1-3-14(12)17)5-11(9)13(7-10)15(18)19/h1-7H,(H2,18,19). The van der Waals surface area contributed by atoms with E-state index in [4.69, 9.17) is 17.3 Å². The highest BCUT2D eigenvalue weighted by Gasteiger charge is 2.10. The van der Waals surface area contributed by atoms with Crippen LogP contribution in [0.1, 0.15) is 10.4 Å². The van der Waals surface area contributed by atoms with E-state index in [9.17, 15) is 4.79 Å². The van der Waals surface area contributed by atoms with E-state index in [1.165, 1.54) is 0 Å². The zero-order valence-corrected chi connectivity index (χ0v) is 12.1. The Bertz CT molecular complexity index is 829. The van der Waals surface area contributed by atoms with E-state index in [0.717, 1.165) is 26.0 Å². The van der Waals surface area contributed by atoms with Crippen molar-refractivity contribution < 1.29 is 4.79 Å². The first-order valence-corrected chi connectivity index (χ1v) is 6.85. The fraction of sp³-hybridized carbons (Fsp3) is 0. The molecular weight excluding hydrogens is 326 g/mol. The first kappa shape index (κ1) is 12.5. The van der Waals surface area contributed by atoms with Gasteiger partial charge >= 0.3 is 0 Å². The van der Waals surface area contributed by atoms with Crippen LogP contribution in [0.25, 0.3) is 21.5 Å². The van der Waals surface area contributed by atoms with Gasteiger partial charge in [-0.05, 0) is 46.5 Å². The number of primary amides is 1. The Morgan fingerprint density at radius 1 is 1.05 bits per heavy atom. The summed E-state index contributed by atoms with van der Waals surface area (Å²) in [7, 11) is 0. The molecule has 0 unspecified atom stereocenters. The molecule has 2 nitrogen and oxygen atoms in total. The minimum absolute atomic E-state index is 0.437. The van der Waals surface area contributed by atoms with Crippen molar-refractivity contribution in [3.63, 3.8) is 0 Å². The van der Waals surface area contributed by atoms with Gasteiger partial charge in [0.15, 0.2) is 0 Å². The zero-order chi connectivity index (χ0) is 13.6. The van der Waals surface area contributed by atoms with Crippen LogP contribution in [0.5, 0.6) is 0 Å². The van der Waals surface area contributed by atoms with Crippen LogP contribution < -0.4 is 5.73 Å². The van der Waals surface area contributed by atoms with Gasteiger partial charge in [0, 0.05) is 20.4 Å². The second-order valence-electron chi connectivity index (χ2n) is 4.35. The molecule has 2 N–H and O–H groups in total. The van der Waals surface area contributed by atoms with Gasteiger partial charge in [-0.2, -0.15) is 0 Å². The van der Waals surface area contributed by atoms with Crippen LogP contribution in [0.4, 0.5) is 0 Å². The Labute approximate surface area is 123 Å². The third-order valence-corrected chi connectivity index (χ3v) is 3.92. The number of hydrogen-bond acceptors (Lipinski definition) is 1. The molecule has 0 fully saturated rings. The van der Waals surface area contributed by atoms with Crippen molar-refractivity contribution in [2.75, 3.05) is 0 Å². The van der Waals surface area contributed by atoms with E-state index in [0.29, 0.717) is 10.6 Å². The number of fused-ring (bicyclic) bond motifs is 2. The third kappa shape index (κ3) is 2.09. The fourth-order valence-corrected chi connectivity index (χ4v) is 2.98. The molecule has 0 bridgehead atoms. The Morgan fingerprint density at radius 3 is 2.53 bits per heavy atom. The molecule has 0 aromatic heterocycles. The van der Waals surface area contributed by atoms with E-state index in [-0.39, 0.29) is 0 Å². The fourth-order valence-electron chi connectivity index (χ4n) is 2.27. The Morgan fingerprint density at radius 2 is 1.79 bits per heavy atom. The number of amides is 1. The van der Waals surface area contributed by atoms with Gasteiger partial charge in [-0.25, -0.2) is 0 Å². The number of carbonyl (C=O) groups excluding carboxylic acids is 1. The summed E-state index contributed by atoms with van der Waals surface area (Å²) in [5.41, 5.74) is 5.94. The zero-order valence-electron chi connectivity index (χ0n) is 9.78. The van der Waals surface area contributed by atoms with Crippen molar-refractivity contribution in [1.29, 1.82) is 0 Å². The molecule has 3 aromatic rings. The average Bonchev–Trinajstić information content (AvgIpc) is 2.36. The maximum absolute atomic E-state index is 11.5. The Hall–Kier alpha value is -1.58. The van der Waals surface area contributed by atoms with Crippen molar-refractivity contribution >= 4 is 55.0 Å². The molecule has 19 heavy (non-hydrogen) atoms. The quantitative estimate of drug-likeness (QED) is 0.654. The van der Waals surface area contributed by atoms with Crippen LogP contribution in [0, 0.1) is 0 Å². The van der Waals surface area contributed by atoms with E-state index < -0.39 is 5.91 Å². The van der Waals surface area contributed by atoms with E-state index in [1.54, 1.807) is 6.07 Å². The number of halogens is 2. The van der Waals surface area contributed by atoms with E-state index in [2.05, 4.69) is 15.9 Å². The van der Waals surface area contributed by atoms with Gasteiger partial charge in [0.2, 0.25) is 5.91 Å². The molecule has 0 aliphatic carbocycles. The molecule has 0 aliphatic rings. The van der Waals surface area contributed by atoms with Crippen molar-refractivity contribution in [2.24, 2.45) is 5.73 Å². The molecule has 1 amide bonds. The maximum atomic E-state index is 11.5. The van der Waals surface area contributed by atoms with Crippen molar-refractivity contribution in [1.82, 2.24) is 0 Å². The van der Waals surface area contributed by atoms with E-state index >= 15 is 0 Å². The first-order chi connectivity index (χ1) is 9.06. The Balaban J connectivity index is 2.51. The summed E-state index contributed by atoms with van der Waals surface area (Å²) in [6, 6.07) is 13.3. The topological polar surface area (TPSA) is 43.1 Å². The number of hydrogen-bond donors (Lipinski definition) is 1. The van der Waals surface area contributed by atoms with Crippen LogP contribution in [0.15, 0.2) is 46.9 Å². The highest BCUT2D eigenvalue weighted by Crippen LogP contribution is 2.31. The second-order valence-corrected chi connectivity index (χ2v) is 5.67. The summed E-state index contributed by atoms with van der Waals surface area (Å²) in [6.45, 7) is 0. The van der Waals surface area contributed by atoms with Crippen LogP contribution in [-0.4, -0.2) is 5.91 Å². The van der Waals surface area contributed by atoms with Gasteiger partial charge in [-0.1, -0.05) is 39.7 Å². The minimum atomic E-state index is -0.437. The number of rotatable bonds is 1. The lowest BCUT2D eigenvalue weighted by atomic mass is 9.99. The Kier molecular flexibility index (Phi) is 2.96. The smallest absolute Gasteiger partial charge is 0.249 e. The van der Waals surface area contributed by atoms with Crippen LogP contribution in [0.2, 0.25) is 5.02 Å². The molecule has 4 heteroatoms. The van der Waals surface area contributed by atoms with Gasteiger partial charge in [-0.3, -0.25) is 4.79 Å². The molecule has 0 heterocycles. The highest BCUT2D eigenvalue weighted by atomic mass is 79.9. The molecule has 0 spiro atoms. The van der Waals surface area contributed by atoms with Crippen LogP contribution in [-0.2, 0) is 0 Å². The number of carbonyl (C=O) groups is 1. The predicted octanol–water partition coefficient (Wildman–Crippen LogP) is 4.51. The first-order valence-electron chi connectivity index (χ1n) is 5.67. The van der Waals surface area contributed by atoms with Gasteiger partial charge in [0.05, 0.1) is 0 Å². The number of nitrogens with two attached hydrogens (primary N) is 1. The molecule has 3 aromatic carbocycles. The summed E-state index contributed by atoms with van der Waals surface area (Å²) in [6.07, 6.45) is 0. The number of benzene rings is 3. The summed E-state index contributed by atoms with van der Waals surface area (Å²) < 4.78 is 0.820. The molecular formula is C15H9BrClNO. The lowest BCUT2D eigenvalue weighted by Crippen LogP contribution is -2.11. The lowest BCUT2D eigenvalue weighted by molar-refractivity contribution is 0.100. The monoisotopic (exact) mass is 333 g/mol. The van der Waals surface area contributed by atoms with Crippen LogP contribution in [0.3, 0.4) is 0 Å². The maximum Gasteiger partial charge on any atom is 0.249 e. The van der Waals surface area contributed by atoms with E-state index in [1.807, 2.05) is 36.4 Å². The van der Waals surface area contributed by atoms with Gasteiger partial charge in [0.25, 0.3) is 0 Å². The minimum Gasteiger partial charge on any atom is -0.366 e. The largest absolute Gasteiger partial charge is 0.366 e. The normalized spacial score (nSPS) is 11.1. The molecule has 0 aliphatic heterocycles. The van der Waals surface area contributed by atoms with Crippen LogP contribution >= 0.6 is 27.5 Å². The SMILES string of the molecule is NC(=O)c1cc(Br)cc2cc3c(Cl)cccc3cc12. The van der Waals surface area contributed by atoms with Crippen molar-refractivity contribution in [3.8, 4) is 0 Å². The summed E-state index contributed by atoms with van der Waals surface area (Å²) >= 11 is 9.59. The lowest BCUT2D eigenvalue weighted by Gasteiger charge is -2.08. The molecule has 0 saturated heterocycles. The molecule has 0 radical (unpaired) electrons. The molecule has 3 rings (SSSR count). The summed E-state index contributed by atoms with van der Waals surface area (Å²) in [5.74, 6) is -0.437. The summed E-state index contributed by atoms with van der Waals surface area (Å²) in [4.78, 5) is 11.5.